The van der Waals surface area contributed by atoms with Crippen LogP contribution in [0.2, 0.25) is 0 Å². The Morgan fingerprint density at radius 1 is 1.08 bits per heavy atom. The molecule has 2 aromatic rings. The Morgan fingerprint density at radius 3 is 2.54 bits per heavy atom. The monoisotopic (exact) mass is 357 g/mol. The van der Waals surface area contributed by atoms with Gasteiger partial charge in [0.15, 0.2) is 11.5 Å². The fourth-order valence-electron chi connectivity index (χ4n) is 2.49. The third-order valence-corrected chi connectivity index (χ3v) is 4.01. The first-order chi connectivity index (χ1) is 12.7. The molecule has 1 heterocycles. The van der Waals surface area contributed by atoms with Crippen LogP contribution in [-0.4, -0.2) is 31.7 Å². The SMILES string of the molecule is CCCCCNC(=O)c1ccc(NCc2ccc(OC)c(OC)c2)cn1. The van der Waals surface area contributed by atoms with Crippen LogP contribution < -0.4 is 20.1 Å². The van der Waals surface area contributed by atoms with E-state index in [2.05, 4.69) is 22.5 Å². The number of hydrogen-bond acceptors (Lipinski definition) is 5. The smallest absolute Gasteiger partial charge is 0.269 e. The maximum Gasteiger partial charge on any atom is 0.269 e. The topological polar surface area (TPSA) is 72.5 Å². The van der Waals surface area contributed by atoms with Gasteiger partial charge in [0, 0.05) is 13.1 Å². The summed E-state index contributed by atoms with van der Waals surface area (Å²) < 4.78 is 10.5. The van der Waals surface area contributed by atoms with Crippen molar-refractivity contribution in [3.8, 4) is 11.5 Å². The molecule has 26 heavy (non-hydrogen) atoms. The van der Waals surface area contributed by atoms with Gasteiger partial charge in [0.05, 0.1) is 26.1 Å². The number of unbranched alkanes of at least 4 members (excludes halogenated alkanes) is 2. The lowest BCUT2D eigenvalue weighted by atomic mass is 10.2. The molecule has 0 radical (unpaired) electrons. The highest BCUT2D eigenvalue weighted by Gasteiger charge is 2.07. The fraction of sp³-hybridized carbons (Fsp3) is 0.400. The summed E-state index contributed by atoms with van der Waals surface area (Å²) in [7, 11) is 3.23. The number of benzene rings is 1. The van der Waals surface area contributed by atoms with Gasteiger partial charge in [0.2, 0.25) is 0 Å². The van der Waals surface area contributed by atoms with E-state index in [1.807, 2.05) is 24.3 Å². The van der Waals surface area contributed by atoms with Crippen molar-refractivity contribution in [1.29, 1.82) is 0 Å². The highest BCUT2D eigenvalue weighted by molar-refractivity contribution is 5.92. The van der Waals surface area contributed by atoms with Crippen LogP contribution in [0.4, 0.5) is 5.69 Å². The number of anilines is 1. The molecule has 1 amide bonds. The predicted octanol–water partition coefficient (Wildman–Crippen LogP) is 3.63. The standard InChI is InChI=1S/C20H27N3O3/c1-4-5-6-11-21-20(24)17-9-8-16(14-23-17)22-13-15-7-10-18(25-2)19(12-15)26-3/h7-10,12,14,22H,4-6,11,13H2,1-3H3,(H,21,24). The van der Waals surface area contributed by atoms with Gasteiger partial charge in [0.1, 0.15) is 5.69 Å². The van der Waals surface area contributed by atoms with Crippen molar-refractivity contribution >= 4 is 11.6 Å². The van der Waals surface area contributed by atoms with Crippen molar-refractivity contribution in [2.45, 2.75) is 32.7 Å². The molecule has 0 fully saturated rings. The van der Waals surface area contributed by atoms with Gasteiger partial charge in [0.25, 0.3) is 5.91 Å². The molecule has 1 aromatic carbocycles. The molecule has 0 aliphatic carbocycles. The number of hydrogen-bond donors (Lipinski definition) is 2. The van der Waals surface area contributed by atoms with Crippen LogP contribution in [0.3, 0.4) is 0 Å². The number of rotatable bonds is 10. The van der Waals surface area contributed by atoms with Gasteiger partial charge in [-0.1, -0.05) is 25.8 Å². The van der Waals surface area contributed by atoms with E-state index in [1.54, 1.807) is 26.5 Å². The van der Waals surface area contributed by atoms with E-state index in [4.69, 9.17) is 9.47 Å². The average molecular weight is 357 g/mol. The lowest BCUT2D eigenvalue weighted by Crippen LogP contribution is -2.25. The first-order valence-corrected chi connectivity index (χ1v) is 8.87. The third-order valence-electron chi connectivity index (χ3n) is 4.01. The third kappa shape index (κ3) is 5.65. The Balaban J connectivity index is 1.88. The molecule has 2 rings (SSSR count). The molecule has 140 valence electrons. The van der Waals surface area contributed by atoms with Crippen LogP contribution in [0.1, 0.15) is 42.2 Å². The first kappa shape index (κ1) is 19.6. The molecule has 0 bridgehead atoms. The molecule has 0 aliphatic heterocycles. The van der Waals surface area contributed by atoms with Crippen LogP contribution >= 0.6 is 0 Å². The molecule has 6 nitrogen and oxygen atoms in total. The zero-order valence-electron chi connectivity index (χ0n) is 15.7. The largest absolute Gasteiger partial charge is 0.493 e. The number of carbonyl (C=O) groups excluding carboxylic acids is 1. The molecule has 0 aliphatic rings. The summed E-state index contributed by atoms with van der Waals surface area (Å²) in [5, 5.41) is 6.17. The van der Waals surface area contributed by atoms with Crippen molar-refractivity contribution in [3.05, 3.63) is 47.8 Å². The molecule has 1 aromatic heterocycles. The number of aromatic nitrogens is 1. The summed E-state index contributed by atoms with van der Waals surface area (Å²) in [5.41, 5.74) is 2.33. The zero-order valence-corrected chi connectivity index (χ0v) is 15.7. The highest BCUT2D eigenvalue weighted by atomic mass is 16.5. The highest BCUT2D eigenvalue weighted by Crippen LogP contribution is 2.27. The maximum atomic E-state index is 12.0. The van der Waals surface area contributed by atoms with Crippen LogP contribution in [0, 0.1) is 0 Å². The quantitative estimate of drug-likeness (QED) is 0.635. The minimum absolute atomic E-state index is 0.132. The molecule has 0 spiro atoms. The minimum Gasteiger partial charge on any atom is -0.493 e. The molecule has 0 saturated carbocycles. The van der Waals surface area contributed by atoms with Gasteiger partial charge in [-0.15, -0.1) is 0 Å². The minimum atomic E-state index is -0.132. The number of amides is 1. The van der Waals surface area contributed by atoms with Gasteiger partial charge in [-0.2, -0.15) is 0 Å². The van der Waals surface area contributed by atoms with Gasteiger partial charge < -0.3 is 20.1 Å². The lowest BCUT2D eigenvalue weighted by molar-refractivity contribution is 0.0948. The molecule has 6 heteroatoms. The van der Waals surface area contributed by atoms with Crippen molar-refractivity contribution in [2.75, 3.05) is 26.1 Å². The van der Waals surface area contributed by atoms with Crippen molar-refractivity contribution < 1.29 is 14.3 Å². The maximum absolute atomic E-state index is 12.0. The van der Waals surface area contributed by atoms with E-state index in [0.717, 1.165) is 30.5 Å². The van der Waals surface area contributed by atoms with Crippen molar-refractivity contribution in [2.24, 2.45) is 0 Å². The van der Waals surface area contributed by atoms with Crippen LogP contribution in [0.15, 0.2) is 36.5 Å². The zero-order chi connectivity index (χ0) is 18.8. The summed E-state index contributed by atoms with van der Waals surface area (Å²) in [4.78, 5) is 16.2. The van der Waals surface area contributed by atoms with E-state index < -0.39 is 0 Å². The molecule has 2 N–H and O–H groups in total. The number of nitrogens with one attached hydrogen (secondary N) is 2. The van der Waals surface area contributed by atoms with Gasteiger partial charge in [-0.05, 0) is 36.2 Å². The van der Waals surface area contributed by atoms with Crippen molar-refractivity contribution in [3.63, 3.8) is 0 Å². The van der Waals surface area contributed by atoms with E-state index in [1.165, 1.54) is 0 Å². The van der Waals surface area contributed by atoms with Crippen LogP contribution in [0.25, 0.3) is 0 Å². The second-order valence-corrected chi connectivity index (χ2v) is 5.94. The van der Waals surface area contributed by atoms with E-state index in [9.17, 15) is 4.79 Å². The Morgan fingerprint density at radius 2 is 1.88 bits per heavy atom. The molecule has 0 saturated heterocycles. The van der Waals surface area contributed by atoms with Gasteiger partial charge >= 0.3 is 0 Å². The Bertz CT molecular complexity index is 702. The second kappa shape index (κ2) is 10.3. The van der Waals surface area contributed by atoms with Crippen LogP contribution in [0.5, 0.6) is 11.5 Å². The number of carbonyl (C=O) groups is 1. The second-order valence-electron chi connectivity index (χ2n) is 5.94. The van der Waals surface area contributed by atoms with Crippen molar-refractivity contribution in [1.82, 2.24) is 10.3 Å². The Labute approximate surface area is 154 Å². The number of nitrogens with zero attached hydrogens (tertiary/aromatic N) is 1. The molecular weight excluding hydrogens is 330 g/mol. The normalized spacial score (nSPS) is 10.3. The molecule has 0 unspecified atom stereocenters. The van der Waals surface area contributed by atoms with Crippen LogP contribution in [-0.2, 0) is 6.54 Å². The first-order valence-electron chi connectivity index (χ1n) is 8.87. The summed E-state index contributed by atoms with van der Waals surface area (Å²) in [6.07, 6.45) is 4.91. The summed E-state index contributed by atoms with van der Waals surface area (Å²) in [5.74, 6) is 1.26. The summed E-state index contributed by atoms with van der Waals surface area (Å²) in [6.45, 7) is 3.44. The van der Waals surface area contributed by atoms with E-state index in [0.29, 0.717) is 30.3 Å². The Hall–Kier alpha value is -2.76. The predicted molar refractivity (Wildman–Crippen MR) is 103 cm³/mol. The average Bonchev–Trinajstić information content (AvgIpc) is 2.69. The Kier molecular flexibility index (Phi) is 7.74. The number of pyridine rings is 1. The summed E-state index contributed by atoms with van der Waals surface area (Å²) >= 11 is 0. The molecular formula is C20H27N3O3. The summed E-state index contributed by atoms with van der Waals surface area (Å²) in [6, 6.07) is 9.36. The van der Waals surface area contributed by atoms with Gasteiger partial charge in [-0.25, -0.2) is 4.98 Å². The van der Waals surface area contributed by atoms with E-state index >= 15 is 0 Å². The van der Waals surface area contributed by atoms with Gasteiger partial charge in [-0.3, -0.25) is 4.79 Å². The molecule has 0 atom stereocenters. The number of ether oxygens (including phenoxy) is 2. The number of methoxy groups -OCH3 is 2. The fourth-order valence-corrected chi connectivity index (χ4v) is 2.49. The lowest BCUT2D eigenvalue weighted by Gasteiger charge is -2.11. The van der Waals surface area contributed by atoms with E-state index in [-0.39, 0.29) is 5.91 Å².